The van der Waals surface area contributed by atoms with Crippen molar-refractivity contribution in [2.24, 2.45) is 5.92 Å². The zero-order valence-electron chi connectivity index (χ0n) is 20.1. The molecule has 33 heavy (non-hydrogen) atoms. The molecule has 5 aromatic rings. The zero-order valence-corrected chi connectivity index (χ0v) is 20.1. The van der Waals surface area contributed by atoms with Crippen molar-refractivity contribution in [1.82, 2.24) is 4.98 Å². The molecule has 3 aromatic carbocycles. The summed E-state index contributed by atoms with van der Waals surface area (Å²) in [5.41, 5.74) is 9.05. The molecule has 0 aliphatic carbocycles. The zero-order chi connectivity index (χ0) is 23.2. The maximum Gasteiger partial charge on any atom is 0.135 e. The SMILES string of the molecule is Cc1cnc(-c2ccc3oc4cccc(C(C)(C)c5ccccc5)c4c3c2)cc1CC(C)C. The molecule has 2 aromatic heterocycles. The summed E-state index contributed by atoms with van der Waals surface area (Å²) in [5, 5.41) is 2.34. The first kappa shape index (κ1) is 21.5. The second-order valence-corrected chi connectivity index (χ2v) is 10.1. The first-order chi connectivity index (χ1) is 15.8. The van der Waals surface area contributed by atoms with Gasteiger partial charge in [0.1, 0.15) is 11.2 Å². The third kappa shape index (κ3) is 3.84. The number of pyridine rings is 1. The molecular weight excluding hydrogens is 402 g/mol. The van der Waals surface area contributed by atoms with Gasteiger partial charge in [0.25, 0.3) is 0 Å². The minimum absolute atomic E-state index is 0.153. The number of furan rings is 1. The van der Waals surface area contributed by atoms with E-state index in [1.54, 1.807) is 0 Å². The highest BCUT2D eigenvalue weighted by atomic mass is 16.3. The molecule has 0 aliphatic heterocycles. The second kappa shape index (κ2) is 8.19. The highest BCUT2D eigenvalue weighted by molar-refractivity contribution is 6.08. The Hall–Kier alpha value is -3.39. The fraction of sp³-hybridized carbons (Fsp3) is 0.258. The van der Waals surface area contributed by atoms with E-state index in [9.17, 15) is 0 Å². The number of hydrogen-bond acceptors (Lipinski definition) is 2. The number of nitrogens with zero attached hydrogens (tertiary/aromatic N) is 1. The van der Waals surface area contributed by atoms with Crippen LogP contribution in [0.4, 0.5) is 0 Å². The summed E-state index contributed by atoms with van der Waals surface area (Å²) >= 11 is 0. The van der Waals surface area contributed by atoms with Crippen molar-refractivity contribution in [2.45, 2.75) is 46.5 Å². The number of fused-ring (bicyclic) bond motifs is 3. The molecule has 2 heteroatoms. The molecule has 0 unspecified atom stereocenters. The smallest absolute Gasteiger partial charge is 0.135 e. The fourth-order valence-electron chi connectivity index (χ4n) is 4.90. The van der Waals surface area contributed by atoms with E-state index in [1.165, 1.54) is 27.6 Å². The molecule has 0 fully saturated rings. The van der Waals surface area contributed by atoms with Crippen LogP contribution in [-0.2, 0) is 11.8 Å². The van der Waals surface area contributed by atoms with E-state index < -0.39 is 0 Å². The summed E-state index contributed by atoms with van der Waals surface area (Å²) in [4.78, 5) is 4.78. The van der Waals surface area contributed by atoms with Crippen molar-refractivity contribution >= 4 is 21.9 Å². The highest BCUT2D eigenvalue weighted by Crippen LogP contribution is 2.41. The van der Waals surface area contributed by atoms with Gasteiger partial charge in [0.2, 0.25) is 0 Å². The molecule has 0 saturated heterocycles. The number of hydrogen-bond donors (Lipinski definition) is 0. The molecule has 0 saturated carbocycles. The molecule has 0 spiro atoms. The standard InChI is InChI=1S/C31H31NO/c1-20(2)16-23-18-27(32-19-21(23)3)22-14-15-28-25(17-22)30-26(12-9-13-29(30)33-28)31(4,5)24-10-7-6-8-11-24/h6-15,17-20H,16H2,1-5H3. The third-order valence-electron chi connectivity index (χ3n) is 6.80. The second-order valence-electron chi connectivity index (χ2n) is 10.1. The lowest BCUT2D eigenvalue weighted by Crippen LogP contribution is -2.19. The summed E-state index contributed by atoms with van der Waals surface area (Å²) in [6.07, 6.45) is 3.07. The van der Waals surface area contributed by atoms with E-state index in [1.807, 2.05) is 6.20 Å². The molecule has 0 aliphatic rings. The predicted octanol–water partition coefficient (Wildman–Crippen LogP) is 8.48. The minimum Gasteiger partial charge on any atom is -0.456 e. The van der Waals surface area contributed by atoms with E-state index >= 15 is 0 Å². The van der Waals surface area contributed by atoms with Gasteiger partial charge in [-0.3, -0.25) is 4.98 Å². The van der Waals surface area contributed by atoms with Crippen molar-refractivity contribution in [1.29, 1.82) is 0 Å². The van der Waals surface area contributed by atoms with Crippen molar-refractivity contribution in [3.63, 3.8) is 0 Å². The van der Waals surface area contributed by atoms with Crippen LogP contribution in [0.5, 0.6) is 0 Å². The van der Waals surface area contributed by atoms with Crippen molar-refractivity contribution < 1.29 is 4.42 Å². The summed E-state index contributed by atoms with van der Waals surface area (Å²) < 4.78 is 6.29. The molecule has 0 radical (unpaired) electrons. The van der Waals surface area contributed by atoms with Crippen LogP contribution in [0.3, 0.4) is 0 Å². The molecule has 0 amide bonds. The molecule has 2 heterocycles. The molecule has 2 nitrogen and oxygen atoms in total. The van der Waals surface area contributed by atoms with Gasteiger partial charge in [-0.05, 0) is 71.8 Å². The lowest BCUT2D eigenvalue weighted by molar-refractivity contribution is 0.642. The fourth-order valence-corrected chi connectivity index (χ4v) is 4.90. The van der Waals surface area contributed by atoms with Gasteiger partial charge in [0.05, 0.1) is 5.69 Å². The Morgan fingerprint density at radius 3 is 2.42 bits per heavy atom. The maximum atomic E-state index is 6.29. The van der Waals surface area contributed by atoms with Crippen LogP contribution in [0.1, 0.15) is 49.9 Å². The topological polar surface area (TPSA) is 26.0 Å². The normalized spacial score (nSPS) is 12.2. The van der Waals surface area contributed by atoms with Crippen LogP contribution in [0, 0.1) is 12.8 Å². The summed E-state index contributed by atoms with van der Waals surface area (Å²) in [6.45, 7) is 11.3. The third-order valence-corrected chi connectivity index (χ3v) is 6.80. The van der Waals surface area contributed by atoms with Crippen LogP contribution in [-0.4, -0.2) is 4.98 Å². The monoisotopic (exact) mass is 433 g/mol. The summed E-state index contributed by atoms with van der Waals surface area (Å²) in [5.74, 6) is 0.613. The van der Waals surface area contributed by atoms with Gasteiger partial charge in [-0.25, -0.2) is 0 Å². The van der Waals surface area contributed by atoms with Crippen LogP contribution >= 0.6 is 0 Å². The Morgan fingerprint density at radius 1 is 0.879 bits per heavy atom. The first-order valence-electron chi connectivity index (χ1n) is 11.8. The largest absolute Gasteiger partial charge is 0.456 e. The van der Waals surface area contributed by atoms with Gasteiger partial charge in [0, 0.05) is 27.9 Å². The summed E-state index contributed by atoms with van der Waals surface area (Å²) in [7, 11) is 0. The van der Waals surface area contributed by atoms with E-state index in [0.717, 1.165) is 34.2 Å². The van der Waals surface area contributed by atoms with E-state index in [2.05, 4.69) is 107 Å². The van der Waals surface area contributed by atoms with Gasteiger partial charge in [-0.2, -0.15) is 0 Å². The molecule has 0 atom stereocenters. The van der Waals surface area contributed by atoms with Gasteiger partial charge < -0.3 is 4.42 Å². The average molecular weight is 434 g/mol. The van der Waals surface area contributed by atoms with Crippen LogP contribution in [0.15, 0.2) is 83.4 Å². The van der Waals surface area contributed by atoms with Crippen LogP contribution < -0.4 is 0 Å². The number of aromatic nitrogens is 1. The Balaban J connectivity index is 1.70. The molecule has 5 rings (SSSR count). The van der Waals surface area contributed by atoms with Crippen molar-refractivity contribution in [3.8, 4) is 11.3 Å². The van der Waals surface area contributed by atoms with Gasteiger partial charge in [-0.15, -0.1) is 0 Å². The molecule has 0 N–H and O–H groups in total. The van der Waals surface area contributed by atoms with E-state index in [-0.39, 0.29) is 5.41 Å². The lowest BCUT2D eigenvalue weighted by atomic mass is 9.76. The minimum atomic E-state index is -0.153. The average Bonchev–Trinajstić information content (AvgIpc) is 3.18. The maximum absolute atomic E-state index is 6.29. The Labute approximate surface area is 196 Å². The Bertz CT molecular complexity index is 1440. The van der Waals surface area contributed by atoms with E-state index in [4.69, 9.17) is 9.40 Å². The van der Waals surface area contributed by atoms with Gasteiger partial charge >= 0.3 is 0 Å². The van der Waals surface area contributed by atoms with Gasteiger partial charge in [0.15, 0.2) is 0 Å². The number of aryl methyl sites for hydroxylation is 1. The lowest BCUT2D eigenvalue weighted by Gasteiger charge is -2.27. The highest BCUT2D eigenvalue weighted by Gasteiger charge is 2.27. The van der Waals surface area contributed by atoms with Crippen LogP contribution in [0.2, 0.25) is 0 Å². The van der Waals surface area contributed by atoms with Gasteiger partial charge in [-0.1, -0.05) is 70.2 Å². The van der Waals surface area contributed by atoms with Crippen molar-refractivity contribution in [3.05, 3.63) is 101 Å². The quantitative estimate of drug-likeness (QED) is 0.278. The predicted molar refractivity (Wildman–Crippen MR) is 139 cm³/mol. The number of rotatable bonds is 5. The summed E-state index contributed by atoms with van der Waals surface area (Å²) in [6, 6.07) is 25.9. The van der Waals surface area contributed by atoms with Crippen LogP contribution in [0.25, 0.3) is 33.2 Å². The van der Waals surface area contributed by atoms with E-state index in [0.29, 0.717) is 5.92 Å². The first-order valence-corrected chi connectivity index (χ1v) is 11.8. The molecular formula is C31H31NO. The molecule has 0 bridgehead atoms. The van der Waals surface area contributed by atoms with Crippen molar-refractivity contribution in [2.75, 3.05) is 0 Å². The molecule has 166 valence electrons. The Kier molecular flexibility index (Phi) is 5.32. The Morgan fingerprint density at radius 2 is 1.67 bits per heavy atom. The number of benzene rings is 3.